The average Bonchev–Trinajstić information content (AvgIpc) is 3.22. The Morgan fingerprint density at radius 1 is 1.09 bits per heavy atom. The number of aryl methyl sites for hydroxylation is 1. The maximum absolute atomic E-state index is 12.4. The third-order valence-corrected chi connectivity index (χ3v) is 6.91. The van der Waals surface area contributed by atoms with E-state index in [4.69, 9.17) is 9.47 Å². The molecule has 0 unspecified atom stereocenters. The Kier molecular flexibility index (Phi) is 7.82. The van der Waals surface area contributed by atoms with Crippen LogP contribution in [0.1, 0.15) is 43.2 Å². The van der Waals surface area contributed by atoms with Gasteiger partial charge in [0.25, 0.3) is 0 Å². The largest absolute Gasteiger partial charge is 0.497 e. The van der Waals surface area contributed by atoms with E-state index in [0.29, 0.717) is 13.0 Å². The molecule has 2 saturated heterocycles. The van der Waals surface area contributed by atoms with Crippen LogP contribution in [-0.2, 0) is 22.4 Å². The molecular formula is C27H36N2O3. The number of nitrogens with one attached hydrogen (secondary N) is 1. The highest BCUT2D eigenvalue weighted by Gasteiger charge is 2.42. The molecule has 172 valence electrons. The maximum Gasteiger partial charge on any atom is 0.224 e. The van der Waals surface area contributed by atoms with Gasteiger partial charge in [-0.05, 0) is 68.3 Å². The summed E-state index contributed by atoms with van der Waals surface area (Å²) >= 11 is 0. The van der Waals surface area contributed by atoms with Gasteiger partial charge in [0.15, 0.2) is 0 Å². The minimum Gasteiger partial charge on any atom is -0.497 e. The summed E-state index contributed by atoms with van der Waals surface area (Å²) in [5.74, 6) is 0.818. The summed E-state index contributed by atoms with van der Waals surface area (Å²) in [5, 5.41) is 3.07. The molecule has 32 heavy (non-hydrogen) atoms. The second-order valence-corrected chi connectivity index (χ2v) is 9.22. The third-order valence-electron chi connectivity index (χ3n) is 6.91. The Balaban J connectivity index is 1.14. The summed E-state index contributed by atoms with van der Waals surface area (Å²) in [7, 11) is 1.64. The Morgan fingerprint density at radius 3 is 2.66 bits per heavy atom. The lowest BCUT2D eigenvalue weighted by Gasteiger charge is -2.39. The topological polar surface area (TPSA) is 50.8 Å². The molecule has 1 N–H and O–H groups in total. The predicted molar refractivity (Wildman–Crippen MR) is 127 cm³/mol. The average molecular weight is 437 g/mol. The molecule has 1 spiro atoms. The van der Waals surface area contributed by atoms with Crippen LogP contribution in [0.4, 0.5) is 0 Å². The molecule has 4 rings (SSSR count). The van der Waals surface area contributed by atoms with E-state index in [1.807, 2.05) is 24.3 Å². The van der Waals surface area contributed by atoms with Crippen LogP contribution < -0.4 is 10.1 Å². The van der Waals surface area contributed by atoms with Crippen LogP contribution in [-0.4, -0.2) is 55.8 Å². The van der Waals surface area contributed by atoms with Crippen molar-refractivity contribution < 1.29 is 14.3 Å². The molecule has 0 radical (unpaired) electrons. The van der Waals surface area contributed by atoms with Gasteiger partial charge in [0, 0.05) is 19.6 Å². The molecule has 2 fully saturated rings. The first-order chi connectivity index (χ1) is 15.6. The molecule has 2 aliphatic rings. The lowest BCUT2D eigenvalue weighted by molar-refractivity contribution is -0.122. The fourth-order valence-corrected chi connectivity index (χ4v) is 5.00. The van der Waals surface area contributed by atoms with Gasteiger partial charge in [0.1, 0.15) is 5.75 Å². The van der Waals surface area contributed by atoms with Crippen LogP contribution in [0.15, 0.2) is 54.6 Å². The zero-order valence-corrected chi connectivity index (χ0v) is 19.2. The van der Waals surface area contributed by atoms with Crippen molar-refractivity contribution in [3.8, 4) is 5.75 Å². The number of rotatable bonds is 9. The van der Waals surface area contributed by atoms with Crippen molar-refractivity contribution >= 4 is 5.91 Å². The highest BCUT2D eigenvalue weighted by molar-refractivity contribution is 5.78. The van der Waals surface area contributed by atoms with Crippen molar-refractivity contribution in [1.29, 1.82) is 0 Å². The number of carbonyl (C=O) groups is 1. The van der Waals surface area contributed by atoms with Crippen molar-refractivity contribution in [3.63, 3.8) is 0 Å². The highest BCUT2D eigenvalue weighted by atomic mass is 16.5. The number of benzene rings is 2. The van der Waals surface area contributed by atoms with Crippen molar-refractivity contribution in [3.05, 3.63) is 65.7 Å². The lowest BCUT2D eigenvalue weighted by Crippen LogP contribution is -2.45. The molecule has 0 saturated carbocycles. The molecular weight excluding hydrogens is 400 g/mol. The lowest BCUT2D eigenvalue weighted by atomic mass is 9.88. The summed E-state index contributed by atoms with van der Waals surface area (Å²) in [5.41, 5.74) is 2.42. The van der Waals surface area contributed by atoms with Crippen LogP contribution in [0.3, 0.4) is 0 Å². The van der Waals surface area contributed by atoms with Crippen molar-refractivity contribution in [2.75, 3.05) is 33.3 Å². The molecule has 5 heteroatoms. The Hall–Kier alpha value is -2.37. The van der Waals surface area contributed by atoms with Crippen molar-refractivity contribution in [2.45, 2.75) is 56.7 Å². The summed E-state index contributed by atoms with van der Waals surface area (Å²) in [4.78, 5) is 15.0. The smallest absolute Gasteiger partial charge is 0.224 e. The summed E-state index contributed by atoms with van der Waals surface area (Å²) in [6, 6.07) is 18.4. The van der Waals surface area contributed by atoms with E-state index in [1.165, 1.54) is 12.0 Å². The number of methoxy groups -OCH3 is 1. The molecule has 0 aliphatic carbocycles. The highest BCUT2D eigenvalue weighted by Crippen LogP contribution is 2.38. The Bertz CT molecular complexity index is 862. The van der Waals surface area contributed by atoms with Gasteiger partial charge in [-0.3, -0.25) is 4.79 Å². The number of hydrogen-bond donors (Lipinski definition) is 1. The van der Waals surface area contributed by atoms with Gasteiger partial charge in [-0.1, -0.05) is 42.5 Å². The van der Waals surface area contributed by atoms with E-state index in [9.17, 15) is 4.79 Å². The quantitative estimate of drug-likeness (QED) is 0.646. The summed E-state index contributed by atoms with van der Waals surface area (Å²) < 4.78 is 11.7. The molecule has 2 aliphatic heterocycles. The number of carbonyl (C=O) groups excluding carboxylic acids is 1. The predicted octanol–water partition coefficient (Wildman–Crippen LogP) is 4.00. The van der Waals surface area contributed by atoms with E-state index >= 15 is 0 Å². The minimum atomic E-state index is 0.0259. The van der Waals surface area contributed by atoms with Crippen LogP contribution in [0.5, 0.6) is 5.75 Å². The molecule has 2 aromatic carbocycles. The second-order valence-electron chi connectivity index (χ2n) is 9.22. The number of likely N-dealkylation sites (tertiary alicyclic amines) is 1. The number of ether oxygens (including phenoxy) is 2. The van der Waals surface area contributed by atoms with Gasteiger partial charge < -0.3 is 19.7 Å². The second kappa shape index (κ2) is 11.0. The number of amides is 1. The van der Waals surface area contributed by atoms with Crippen LogP contribution in [0.25, 0.3) is 0 Å². The maximum atomic E-state index is 12.4. The zero-order chi connectivity index (χ0) is 22.2. The third kappa shape index (κ3) is 6.33. The number of nitrogens with zero attached hydrogens (tertiary/aromatic N) is 1. The Morgan fingerprint density at radius 2 is 1.88 bits per heavy atom. The van der Waals surface area contributed by atoms with Crippen LogP contribution in [0.2, 0.25) is 0 Å². The number of piperidine rings is 1. The van der Waals surface area contributed by atoms with Crippen LogP contribution in [0, 0.1) is 0 Å². The normalized spacial score (nSPS) is 20.3. The monoisotopic (exact) mass is 436 g/mol. The first-order valence-electron chi connectivity index (χ1n) is 12.0. The molecule has 2 heterocycles. The van der Waals surface area contributed by atoms with Crippen LogP contribution >= 0.6 is 0 Å². The first kappa shape index (κ1) is 22.8. The summed E-state index contributed by atoms with van der Waals surface area (Å²) in [6.45, 7) is 3.99. The minimum absolute atomic E-state index is 0.0259. The zero-order valence-electron chi connectivity index (χ0n) is 19.2. The van der Waals surface area contributed by atoms with Gasteiger partial charge in [-0.15, -0.1) is 0 Å². The van der Waals surface area contributed by atoms with Crippen molar-refractivity contribution in [1.82, 2.24) is 10.2 Å². The molecule has 0 aromatic heterocycles. The van der Waals surface area contributed by atoms with E-state index in [-0.39, 0.29) is 17.6 Å². The van der Waals surface area contributed by atoms with Gasteiger partial charge in [0.05, 0.1) is 25.2 Å². The van der Waals surface area contributed by atoms with Gasteiger partial charge in [-0.25, -0.2) is 0 Å². The van der Waals surface area contributed by atoms with Crippen molar-refractivity contribution in [2.24, 2.45) is 0 Å². The molecule has 1 atom stereocenters. The molecule has 2 aromatic rings. The Labute approximate surface area is 192 Å². The fourth-order valence-electron chi connectivity index (χ4n) is 5.00. The SMILES string of the molecule is COc1cccc(CC(=O)NC[C@@H]2CCC3(CCN(CCCc4ccccc4)CC3)O2)c1. The molecule has 5 nitrogen and oxygen atoms in total. The number of hydrogen-bond acceptors (Lipinski definition) is 4. The summed E-state index contributed by atoms with van der Waals surface area (Å²) in [6.07, 6.45) is 7.21. The first-order valence-corrected chi connectivity index (χ1v) is 12.0. The molecule has 0 bridgehead atoms. The standard InChI is InChI=1S/C27H36N2O3/c1-31-24-11-5-9-23(19-24)20-26(30)28-21-25-12-13-27(32-25)14-17-29(18-15-27)16-6-10-22-7-3-2-4-8-22/h2-5,7-9,11,19,25H,6,10,12-18,20-21H2,1H3,(H,28,30)/t25-/m0/s1. The fraction of sp³-hybridized carbons (Fsp3) is 0.519. The van der Waals surface area contributed by atoms with E-state index in [2.05, 4.69) is 40.5 Å². The van der Waals surface area contributed by atoms with E-state index < -0.39 is 0 Å². The van der Waals surface area contributed by atoms with Gasteiger partial charge in [0.2, 0.25) is 5.91 Å². The van der Waals surface area contributed by atoms with Gasteiger partial charge in [-0.2, -0.15) is 0 Å². The van der Waals surface area contributed by atoms with E-state index in [1.54, 1.807) is 7.11 Å². The van der Waals surface area contributed by atoms with E-state index in [0.717, 1.165) is 63.1 Å². The molecule has 1 amide bonds. The van der Waals surface area contributed by atoms with Gasteiger partial charge >= 0.3 is 0 Å².